The number of aromatic nitrogens is 2. The smallest absolute Gasteiger partial charge is 0.254 e. The highest BCUT2D eigenvalue weighted by Crippen LogP contribution is 2.45. The molecule has 4 rings (SSSR count). The molecule has 5 nitrogen and oxygen atoms in total. The molecule has 1 unspecified atom stereocenters. The molecule has 0 saturated carbocycles. The van der Waals surface area contributed by atoms with Gasteiger partial charge >= 0.3 is 0 Å². The van der Waals surface area contributed by atoms with Gasteiger partial charge in [-0.2, -0.15) is 0 Å². The van der Waals surface area contributed by atoms with Gasteiger partial charge in [-0.1, -0.05) is 6.07 Å². The fourth-order valence-electron chi connectivity index (χ4n) is 4.32. The Kier molecular flexibility index (Phi) is 3.46. The Morgan fingerprint density at radius 1 is 1.33 bits per heavy atom. The van der Waals surface area contributed by atoms with Gasteiger partial charge in [0.1, 0.15) is 17.2 Å². The molecule has 2 aliphatic rings. The van der Waals surface area contributed by atoms with E-state index in [0.717, 1.165) is 12.8 Å². The van der Waals surface area contributed by atoms with Crippen molar-refractivity contribution in [3.63, 3.8) is 0 Å². The number of nitrogens with zero attached hydrogens (tertiary/aromatic N) is 3. The number of fused-ring (bicyclic) bond motifs is 2. The van der Waals surface area contributed by atoms with Crippen molar-refractivity contribution in [2.45, 2.75) is 43.4 Å². The second-order valence-corrected chi connectivity index (χ2v) is 6.91. The predicted molar refractivity (Wildman–Crippen MR) is 85.7 cm³/mol. The van der Waals surface area contributed by atoms with Crippen LogP contribution < -0.4 is 0 Å². The Balaban J connectivity index is 1.62. The molecule has 0 spiro atoms. The molecule has 126 valence electrons. The number of hydrogen-bond donors (Lipinski definition) is 1. The molecular weight excluding hydrogens is 309 g/mol. The van der Waals surface area contributed by atoms with Crippen molar-refractivity contribution >= 4 is 5.91 Å². The molecule has 2 aliphatic heterocycles. The maximum atomic E-state index is 13.4. The third kappa shape index (κ3) is 2.33. The number of aryl methyl sites for hydroxylation is 1. The average molecular weight is 329 g/mol. The lowest BCUT2D eigenvalue weighted by Crippen LogP contribution is -2.52. The minimum atomic E-state index is -1.01. The van der Waals surface area contributed by atoms with E-state index in [1.54, 1.807) is 18.3 Å². The molecule has 0 aliphatic carbocycles. The molecule has 1 aromatic heterocycles. The van der Waals surface area contributed by atoms with E-state index in [-0.39, 0.29) is 18.0 Å². The maximum Gasteiger partial charge on any atom is 0.254 e. The fraction of sp³-hybridized carbons (Fsp3) is 0.444. The van der Waals surface area contributed by atoms with Crippen LogP contribution >= 0.6 is 0 Å². The lowest BCUT2D eigenvalue weighted by molar-refractivity contribution is -0.0555. The summed E-state index contributed by atoms with van der Waals surface area (Å²) in [6, 6.07) is 5.73. The number of hydrogen-bond acceptors (Lipinski definition) is 3. The van der Waals surface area contributed by atoms with Gasteiger partial charge in [0.15, 0.2) is 0 Å². The lowest BCUT2D eigenvalue weighted by Gasteiger charge is -2.43. The molecule has 0 radical (unpaired) electrons. The number of piperidine rings is 1. The molecule has 3 heterocycles. The standard InChI is InChI=1S/C18H20FN3O2/c1-21-8-7-20-17(21)18(24)10-14-5-6-15(11-18)22(14)16(23)12-3-2-4-13(19)9-12/h2-4,7-9,14-15,24H,5-6,10-11H2,1H3/t14-,15+,18?. The van der Waals surface area contributed by atoms with Crippen LogP contribution in [0.15, 0.2) is 36.7 Å². The molecule has 2 saturated heterocycles. The second kappa shape index (κ2) is 5.41. The van der Waals surface area contributed by atoms with Crippen molar-refractivity contribution in [2.24, 2.45) is 7.05 Å². The molecule has 3 atom stereocenters. The van der Waals surface area contributed by atoms with E-state index in [4.69, 9.17) is 0 Å². The summed E-state index contributed by atoms with van der Waals surface area (Å²) in [5.41, 5.74) is -0.641. The van der Waals surface area contributed by atoms with Gasteiger partial charge in [-0.15, -0.1) is 0 Å². The first-order valence-electron chi connectivity index (χ1n) is 8.26. The van der Waals surface area contributed by atoms with Gasteiger partial charge in [0.25, 0.3) is 5.91 Å². The number of imidazole rings is 1. The normalized spacial score (nSPS) is 29.0. The first kappa shape index (κ1) is 15.3. The number of halogens is 1. The Hall–Kier alpha value is -2.21. The van der Waals surface area contributed by atoms with Crippen molar-refractivity contribution in [1.29, 1.82) is 0 Å². The highest BCUT2D eigenvalue weighted by molar-refractivity contribution is 5.95. The number of carbonyl (C=O) groups excluding carboxylic acids is 1. The molecule has 1 N–H and O–H groups in total. The van der Waals surface area contributed by atoms with Gasteiger partial charge in [0, 0.05) is 49.9 Å². The van der Waals surface area contributed by atoms with Crippen LogP contribution in [-0.4, -0.2) is 37.5 Å². The van der Waals surface area contributed by atoms with E-state index in [1.807, 2.05) is 22.7 Å². The van der Waals surface area contributed by atoms with Crippen molar-refractivity contribution in [1.82, 2.24) is 14.5 Å². The van der Waals surface area contributed by atoms with E-state index in [1.165, 1.54) is 12.1 Å². The number of rotatable bonds is 2. The molecule has 6 heteroatoms. The molecule has 2 bridgehead atoms. The van der Waals surface area contributed by atoms with Crippen LogP contribution in [0, 0.1) is 5.82 Å². The van der Waals surface area contributed by atoms with Crippen LogP contribution in [0.1, 0.15) is 41.9 Å². The van der Waals surface area contributed by atoms with Crippen LogP contribution in [-0.2, 0) is 12.6 Å². The molecule has 2 fully saturated rings. The van der Waals surface area contributed by atoms with Gasteiger partial charge in [0.05, 0.1) is 0 Å². The minimum absolute atomic E-state index is 0.0405. The summed E-state index contributed by atoms with van der Waals surface area (Å²) in [5, 5.41) is 11.1. The summed E-state index contributed by atoms with van der Waals surface area (Å²) < 4.78 is 15.3. The quantitative estimate of drug-likeness (QED) is 0.919. The maximum absolute atomic E-state index is 13.4. The van der Waals surface area contributed by atoms with Gasteiger partial charge in [-0.25, -0.2) is 9.37 Å². The third-order valence-electron chi connectivity index (χ3n) is 5.31. The molecule has 1 aromatic carbocycles. The van der Waals surface area contributed by atoms with Crippen molar-refractivity contribution in [2.75, 3.05) is 0 Å². The largest absolute Gasteiger partial charge is 0.382 e. The van der Waals surface area contributed by atoms with Crippen molar-refractivity contribution in [3.8, 4) is 0 Å². The van der Waals surface area contributed by atoms with E-state index in [2.05, 4.69) is 4.98 Å². The first-order valence-corrected chi connectivity index (χ1v) is 8.26. The molecule has 24 heavy (non-hydrogen) atoms. The number of amides is 1. The van der Waals surface area contributed by atoms with Crippen LogP contribution in [0.4, 0.5) is 4.39 Å². The van der Waals surface area contributed by atoms with Gasteiger partial charge in [0.2, 0.25) is 0 Å². The highest BCUT2D eigenvalue weighted by Gasteiger charge is 2.51. The van der Waals surface area contributed by atoms with E-state index < -0.39 is 11.4 Å². The van der Waals surface area contributed by atoms with Crippen molar-refractivity contribution in [3.05, 3.63) is 53.9 Å². The Morgan fingerprint density at radius 3 is 2.62 bits per heavy atom. The van der Waals surface area contributed by atoms with Crippen LogP contribution in [0.2, 0.25) is 0 Å². The third-order valence-corrected chi connectivity index (χ3v) is 5.31. The van der Waals surface area contributed by atoms with E-state index in [9.17, 15) is 14.3 Å². The Labute approximate surface area is 139 Å². The summed E-state index contributed by atoms with van der Waals surface area (Å²) in [4.78, 5) is 19.0. The van der Waals surface area contributed by atoms with Gasteiger partial charge in [-0.3, -0.25) is 4.79 Å². The highest BCUT2D eigenvalue weighted by atomic mass is 19.1. The summed E-state index contributed by atoms with van der Waals surface area (Å²) in [6.07, 6.45) is 6.15. The topological polar surface area (TPSA) is 58.4 Å². The molecule has 1 amide bonds. The second-order valence-electron chi connectivity index (χ2n) is 6.91. The van der Waals surface area contributed by atoms with Crippen molar-refractivity contribution < 1.29 is 14.3 Å². The zero-order chi connectivity index (χ0) is 16.9. The van der Waals surface area contributed by atoms with Gasteiger partial charge < -0.3 is 14.6 Å². The monoisotopic (exact) mass is 329 g/mol. The summed E-state index contributed by atoms with van der Waals surface area (Å²) in [5.74, 6) is 0.0934. The zero-order valence-electron chi connectivity index (χ0n) is 13.5. The summed E-state index contributed by atoms with van der Waals surface area (Å²) in [6.45, 7) is 0. The fourth-order valence-corrected chi connectivity index (χ4v) is 4.32. The lowest BCUT2D eigenvalue weighted by atomic mass is 9.85. The predicted octanol–water partition coefficient (Wildman–Crippen LogP) is 2.21. The SMILES string of the molecule is Cn1ccnc1C1(O)C[C@H]2CC[C@@H](C1)N2C(=O)c1cccc(F)c1. The minimum Gasteiger partial charge on any atom is -0.382 e. The van der Waals surface area contributed by atoms with Crippen LogP contribution in [0.5, 0.6) is 0 Å². The number of carbonyl (C=O) groups is 1. The van der Waals surface area contributed by atoms with E-state index >= 15 is 0 Å². The number of benzene rings is 1. The molecular formula is C18H20FN3O2. The Bertz CT molecular complexity index is 774. The average Bonchev–Trinajstić information content (AvgIpc) is 3.09. The zero-order valence-corrected chi connectivity index (χ0v) is 13.5. The summed E-state index contributed by atoms with van der Waals surface area (Å²) in [7, 11) is 1.87. The Morgan fingerprint density at radius 2 is 2.04 bits per heavy atom. The van der Waals surface area contributed by atoms with E-state index in [0.29, 0.717) is 24.2 Å². The summed E-state index contributed by atoms with van der Waals surface area (Å²) >= 11 is 0. The van der Waals surface area contributed by atoms with Crippen LogP contribution in [0.3, 0.4) is 0 Å². The van der Waals surface area contributed by atoms with Gasteiger partial charge in [-0.05, 0) is 31.0 Å². The van der Waals surface area contributed by atoms with Crippen LogP contribution in [0.25, 0.3) is 0 Å². The number of aliphatic hydroxyl groups is 1. The first-order chi connectivity index (χ1) is 11.5. The molecule has 2 aromatic rings.